The molecule has 0 unspecified atom stereocenters. The number of ether oxygens (including phenoxy) is 1. The van der Waals surface area contributed by atoms with Gasteiger partial charge in [0.25, 0.3) is 0 Å². The van der Waals surface area contributed by atoms with E-state index in [1.807, 2.05) is 6.07 Å². The van der Waals surface area contributed by atoms with E-state index in [0.29, 0.717) is 0 Å². The van der Waals surface area contributed by atoms with E-state index in [1.165, 1.54) is 35.0 Å². The second kappa shape index (κ2) is 4.65. The van der Waals surface area contributed by atoms with Crippen LogP contribution < -0.4 is 10.1 Å². The van der Waals surface area contributed by atoms with E-state index in [2.05, 4.69) is 29.4 Å². The van der Waals surface area contributed by atoms with Gasteiger partial charge in [0, 0.05) is 22.6 Å². The Labute approximate surface area is 108 Å². The molecule has 1 heterocycles. The number of aromatic nitrogens is 1. The highest BCUT2D eigenvalue weighted by molar-refractivity contribution is 5.86. The summed E-state index contributed by atoms with van der Waals surface area (Å²) in [6.45, 7) is 3.22. The predicted molar refractivity (Wildman–Crippen MR) is 74.3 cm³/mol. The molecular weight excluding hydrogens is 224 g/mol. The molecule has 0 atom stereocenters. The van der Waals surface area contributed by atoms with Crippen molar-refractivity contribution in [2.24, 2.45) is 0 Å². The van der Waals surface area contributed by atoms with Crippen LogP contribution in [-0.2, 0) is 6.42 Å². The zero-order valence-corrected chi connectivity index (χ0v) is 11.0. The van der Waals surface area contributed by atoms with E-state index in [4.69, 9.17) is 4.74 Å². The van der Waals surface area contributed by atoms with Gasteiger partial charge in [-0.1, -0.05) is 0 Å². The number of nitrogens with one attached hydrogen (secondary N) is 2. The number of methoxy groups -OCH3 is 1. The fourth-order valence-electron chi connectivity index (χ4n) is 2.50. The molecule has 1 saturated carbocycles. The third-order valence-corrected chi connectivity index (χ3v) is 3.71. The Morgan fingerprint density at radius 3 is 2.94 bits per heavy atom. The zero-order chi connectivity index (χ0) is 12.5. The minimum atomic E-state index is 0.782. The first-order valence-corrected chi connectivity index (χ1v) is 6.66. The van der Waals surface area contributed by atoms with Crippen LogP contribution in [0.5, 0.6) is 5.75 Å². The number of aryl methyl sites for hydroxylation is 1. The van der Waals surface area contributed by atoms with Crippen molar-refractivity contribution in [2.75, 3.05) is 13.7 Å². The number of aromatic amines is 1. The highest BCUT2D eigenvalue weighted by Crippen LogP contribution is 2.27. The molecule has 0 spiro atoms. The summed E-state index contributed by atoms with van der Waals surface area (Å²) in [7, 11) is 1.72. The molecule has 96 valence electrons. The molecule has 1 fully saturated rings. The maximum Gasteiger partial charge on any atom is 0.119 e. The fourth-order valence-corrected chi connectivity index (χ4v) is 2.50. The predicted octanol–water partition coefficient (Wildman–Crippen LogP) is 2.78. The van der Waals surface area contributed by atoms with Crippen molar-refractivity contribution >= 4 is 10.9 Å². The molecule has 1 aromatic carbocycles. The highest BCUT2D eigenvalue weighted by Gasteiger charge is 2.20. The van der Waals surface area contributed by atoms with E-state index in [0.717, 1.165) is 24.8 Å². The Morgan fingerprint density at radius 1 is 1.39 bits per heavy atom. The van der Waals surface area contributed by atoms with Crippen LogP contribution in [-0.4, -0.2) is 24.7 Å². The normalized spacial score (nSPS) is 15.2. The summed E-state index contributed by atoms with van der Waals surface area (Å²) in [5.41, 5.74) is 3.89. The molecule has 3 rings (SSSR count). The topological polar surface area (TPSA) is 37.0 Å². The van der Waals surface area contributed by atoms with Crippen molar-refractivity contribution in [3.8, 4) is 5.75 Å². The molecule has 3 nitrogen and oxygen atoms in total. The highest BCUT2D eigenvalue weighted by atomic mass is 16.5. The van der Waals surface area contributed by atoms with Crippen LogP contribution in [0.4, 0.5) is 0 Å². The third-order valence-electron chi connectivity index (χ3n) is 3.71. The summed E-state index contributed by atoms with van der Waals surface area (Å²) >= 11 is 0. The molecule has 0 bridgehead atoms. The molecule has 3 heteroatoms. The fraction of sp³-hybridized carbons (Fsp3) is 0.467. The Hall–Kier alpha value is -1.48. The van der Waals surface area contributed by atoms with Gasteiger partial charge in [0.2, 0.25) is 0 Å². The van der Waals surface area contributed by atoms with Crippen LogP contribution >= 0.6 is 0 Å². The largest absolute Gasteiger partial charge is 0.497 e. The number of H-pyrrole nitrogens is 1. The second-order valence-electron chi connectivity index (χ2n) is 5.12. The number of benzene rings is 1. The molecule has 18 heavy (non-hydrogen) atoms. The monoisotopic (exact) mass is 244 g/mol. The molecule has 0 amide bonds. The lowest BCUT2D eigenvalue weighted by atomic mass is 10.1. The number of fused-ring (bicyclic) bond motifs is 1. The summed E-state index contributed by atoms with van der Waals surface area (Å²) in [5, 5.41) is 4.87. The van der Waals surface area contributed by atoms with E-state index >= 15 is 0 Å². The molecular formula is C15H20N2O. The standard InChI is InChI=1S/C15H20N2O/c1-10-13(7-8-16-11-3-4-11)14-9-12(18-2)5-6-15(14)17-10/h5-6,9,11,16-17H,3-4,7-8H2,1-2H3. The molecule has 1 aliphatic carbocycles. The van der Waals surface area contributed by atoms with Gasteiger partial charge in [-0.15, -0.1) is 0 Å². The summed E-state index contributed by atoms with van der Waals surface area (Å²) < 4.78 is 5.31. The van der Waals surface area contributed by atoms with Gasteiger partial charge in [-0.25, -0.2) is 0 Å². The summed E-state index contributed by atoms with van der Waals surface area (Å²) in [6.07, 6.45) is 3.77. The van der Waals surface area contributed by atoms with Gasteiger partial charge in [-0.05, 0) is 56.5 Å². The third kappa shape index (κ3) is 2.23. The van der Waals surface area contributed by atoms with Gasteiger partial charge in [0.05, 0.1) is 7.11 Å². The lowest BCUT2D eigenvalue weighted by Crippen LogP contribution is -2.19. The van der Waals surface area contributed by atoms with Gasteiger partial charge in [-0.3, -0.25) is 0 Å². The molecule has 0 saturated heterocycles. The minimum absolute atomic E-state index is 0.782. The van der Waals surface area contributed by atoms with Gasteiger partial charge in [0.1, 0.15) is 5.75 Å². The quantitative estimate of drug-likeness (QED) is 0.848. The van der Waals surface area contributed by atoms with Gasteiger partial charge in [0.15, 0.2) is 0 Å². The van der Waals surface area contributed by atoms with Crippen molar-refractivity contribution in [2.45, 2.75) is 32.2 Å². The van der Waals surface area contributed by atoms with Gasteiger partial charge < -0.3 is 15.0 Å². The maximum atomic E-state index is 5.31. The van der Waals surface area contributed by atoms with Crippen LogP contribution in [0.2, 0.25) is 0 Å². The summed E-state index contributed by atoms with van der Waals surface area (Å²) in [6, 6.07) is 7.01. The molecule has 2 N–H and O–H groups in total. The van der Waals surface area contributed by atoms with E-state index in [9.17, 15) is 0 Å². The summed E-state index contributed by atoms with van der Waals surface area (Å²) in [4.78, 5) is 3.45. The number of rotatable bonds is 5. The molecule has 1 aromatic heterocycles. The Balaban J connectivity index is 1.85. The van der Waals surface area contributed by atoms with Crippen LogP contribution in [0.25, 0.3) is 10.9 Å². The molecule has 0 aliphatic heterocycles. The van der Waals surface area contributed by atoms with Gasteiger partial charge in [-0.2, -0.15) is 0 Å². The van der Waals surface area contributed by atoms with E-state index < -0.39 is 0 Å². The van der Waals surface area contributed by atoms with Crippen molar-refractivity contribution in [3.05, 3.63) is 29.5 Å². The lowest BCUT2D eigenvalue weighted by molar-refractivity contribution is 0.415. The Bertz CT molecular complexity index is 555. The minimum Gasteiger partial charge on any atom is -0.497 e. The van der Waals surface area contributed by atoms with E-state index in [1.54, 1.807) is 7.11 Å². The van der Waals surface area contributed by atoms with Crippen molar-refractivity contribution < 1.29 is 4.74 Å². The van der Waals surface area contributed by atoms with Gasteiger partial charge >= 0.3 is 0 Å². The van der Waals surface area contributed by atoms with Crippen LogP contribution in [0.1, 0.15) is 24.1 Å². The Kier molecular flexibility index (Phi) is 3.00. The zero-order valence-electron chi connectivity index (χ0n) is 11.0. The van der Waals surface area contributed by atoms with Crippen molar-refractivity contribution in [1.29, 1.82) is 0 Å². The average Bonchev–Trinajstić information content (AvgIpc) is 3.14. The molecule has 2 aromatic rings. The van der Waals surface area contributed by atoms with E-state index in [-0.39, 0.29) is 0 Å². The first-order chi connectivity index (χ1) is 8.78. The first-order valence-electron chi connectivity index (χ1n) is 6.66. The lowest BCUT2D eigenvalue weighted by Gasteiger charge is -2.04. The molecule has 1 aliphatic rings. The van der Waals surface area contributed by atoms with Crippen LogP contribution in [0.3, 0.4) is 0 Å². The summed E-state index contributed by atoms with van der Waals surface area (Å²) in [5.74, 6) is 0.929. The van der Waals surface area contributed by atoms with Crippen molar-refractivity contribution in [3.63, 3.8) is 0 Å². The second-order valence-corrected chi connectivity index (χ2v) is 5.12. The smallest absolute Gasteiger partial charge is 0.119 e. The number of hydrogen-bond acceptors (Lipinski definition) is 2. The van der Waals surface area contributed by atoms with Crippen LogP contribution in [0.15, 0.2) is 18.2 Å². The average molecular weight is 244 g/mol. The van der Waals surface area contributed by atoms with Crippen molar-refractivity contribution in [1.82, 2.24) is 10.3 Å². The number of hydrogen-bond donors (Lipinski definition) is 2. The first kappa shape index (κ1) is 11.6. The maximum absolute atomic E-state index is 5.31. The Morgan fingerprint density at radius 2 is 2.22 bits per heavy atom. The molecule has 0 radical (unpaired) electrons. The SMILES string of the molecule is COc1ccc2[nH]c(C)c(CCNC3CC3)c2c1. The van der Waals surface area contributed by atoms with Crippen LogP contribution in [0, 0.1) is 6.92 Å².